The third kappa shape index (κ3) is 8.19. The van der Waals surface area contributed by atoms with Crippen LogP contribution in [0.3, 0.4) is 0 Å². The minimum Gasteiger partial charge on any atom is -0.493 e. The highest BCUT2D eigenvalue weighted by Crippen LogP contribution is 2.18. The van der Waals surface area contributed by atoms with Crippen LogP contribution in [0, 0.1) is 5.92 Å². The third-order valence-electron chi connectivity index (χ3n) is 3.31. The quantitative estimate of drug-likeness (QED) is 0.551. The molecule has 0 saturated carbocycles. The lowest BCUT2D eigenvalue weighted by Gasteiger charge is -2.18. The Morgan fingerprint density at radius 2 is 1.83 bits per heavy atom. The number of benzene rings is 1. The van der Waals surface area contributed by atoms with Gasteiger partial charge in [-0.1, -0.05) is 26.0 Å². The maximum absolute atomic E-state index is 11.2. The van der Waals surface area contributed by atoms with Crippen LogP contribution in [0.5, 0.6) is 5.75 Å². The Balaban J connectivity index is 2.54. The van der Waals surface area contributed by atoms with E-state index in [0.717, 1.165) is 11.3 Å². The van der Waals surface area contributed by atoms with Gasteiger partial charge in [0.25, 0.3) is 0 Å². The number of sulfone groups is 1. The molecular weight excluding hydrogens is 326 g/mol. The van der Waals surface area contributed by atoms with Crippen molar-refractivity contribution in [3.8, 4) is 5.75 Å². The number of ether oxygens (including phenoxy) is 1. The first kappa shape index (κ1) is 20.3. The van der Waals surface area contributed by atoms with Gasteiger partial charge in [-0.15, -0.1) is 0 Å². The average Bonchev–Trinajstić information content (AvgIpc) is 2.51. The van der Waals surface area contributed by atoms with E-state index < -0.39 is 9.84 Å². The molecule has 6 nitrogen and oxygen atoms in total. The maximum atomic E-state index is 11.2. The summed E-state index contributed by atoms with van der Waals surface area (Å²) in [6.45, 7) is 7.27. The van der Waals surface area contributed by atoms with Gasteiger partial charge >= 0.3 is 0 Å². The minimum absolute atomic E-state index is 0.0357. The van der Waals surface area contributed by atoms with E-state index in [0.29, 0.717) is 25.0 Å². The molecule has 0 aromatic heterocycles. The molecule has 1 atom stereocenters. The number of hydrogen-bond donors (Lipinski definition) is 2. The highest BCUT2D eigenvalue weighted by Gasteiger charge is 2.09. The fraction of sp³-hybridized carbons (Fsp3) is 0.588. The summed E-state index contributed by atoms with van der Waals surface area (Å²) in [7, 11) is -1.33. The van der Waals surface area contributed by atoms with Crippen molar-refractivity contribution in [2.75, 3.05) is 32.2 Å². The van der Waals surface area contributed by atoms with Gasteiger partial charge in [-0.05, 0) is 30.5 Å². The Hall–Kier alpha value is -1.76. The van der Waals surface area contributed by atoms with E-state index in [1.807, 2.05) is 31.2 Å². The molecule has 0 heterocycles. The molecule has 1 rings (SSSR count). The molecular formula is C17H29N3O3S. The van der Waals surface area contributed by atoms with Crippen molar-refractivity contribution in [1.82, 2.24) is 10.6 Å². The second-order valence-corrected chi connectivity index (χ2v) is 8.53. The zero-order valence-corrected chi connectivity index (χ0v) is 16.0. The van der Waals surface area contributed by atoms with Gasteiger partial charge < -0.3 is 15.4 Å². The molecule has 0 bridgehead atoms. The van der Waals surface area contributed by atoms with Crippen molar-refractivity contribution in [3.63, 3.8) is 0 Å². The topological polar surface area (TPSA) is 79.8 Å². The normalized spacial score (nSPS) is 13.7. The molecule has 0 aliphatic rings. The fourth-order valence-corrected chi connectivity index (χ4v) is 2.43. The SMILES string of the molecule is CN=C(NCCS(C)(=O)=O)NC(C)c1ccc(OCC(C)C)cc1. The van der Waals surface area contributed by atoms with E-state index in [1.165, 1.54) is 6.26 Å². The molecule has 1 unspecified atom stereocenters. The molecule has 2 N–H and O–H groups in total. The van der Waals surface area contributed by atoms with Gasteiger partial charge in [0.2, 0.25) is 0 Å². The van der Waals surface area contributed by atoms with E-state index >= 15 is 0 Å². The number of nitrogens with zero attached hydrogens (tertiary/aromatic N) is 1. The van der Waals surface area contributed by atoms with Crippen molar-refractivity contribution in [2.45, 2.75) is 26.8 Å². The van der Waals surface area contributed by atoms with E-state index in [2.05, 4.69) is 29.5 Å². The van der Waals surface area contributed by atoms with Gasteiger partial charge in [-0.3, -0.25) is 4.99 Å². The first-order chi connectivity index (χ1) is 11.2. The summed E-state index contributed by atoms with van der Waals surface area (Å²) in [5.41, 5.74) is 1.10. The summed E-state index contributed by atoms with van der Waals surface area (Å²) in [4.78, 5) is 4.11. The number of aliphatic imine (C=N–C) groups is 1. The lowest BCUT2D eigenvalue weighted by molar-refractivity contribution is 0.271. The molecule has 0 amide bonds. The Labute approximate surface area is 145 Å². The monoisotopic (exact) mass is 355 g/mol. The Bertz CT molecular complexity index is 625. The van der Waals surface area contributed by atoms with E-state index in [-0.39, 0.29) is 11.8 Å². The van der Waals surface area contributed by atoms with Crippen molar-refractivity contribution in [3.05, 3.63) is 29.8 Å². The summed E-state index contributed by atoms with van der Waals surface area (Å²) in [5, 5.41) is 6.25. The van der Waals surface area contributed by atoms with Crippen molar-refractivity contribution in [2.24, 2.45) is 10.9 Å². The van der Waals surface area contributed by atoms with Crippen molar-refractivity contribution in [1.29, 1.82) is 0 Å². The van der Waals surface area contributed by atoms with Gasteiger partial charge in [0.1, 0.15) is 15.6 Å². The average molecular weight is 356 g/mol. The second kappa shape index (κ2) is 9.52. The van der Waals surface area contributed by atoms with Gasteiger partial charge in [-0.2, -0.15) is 0 Å². The van der Waals surface area contributed by atoms with Crippen LogP contribution in [0.2, 0.25) is 0 Å². The Morgan fingerprint density at radius 1 is 1.21 bits per heavy atom. The molecule has 0 saturated heterocycles. The summed E-state index contributed by atoms with van der Waals surface area (Å²) in [6, 6.07) is 7.97. The summed E-state index contributed by atoms with van der Waals surface area (Å²) < 4.78 is 28.0. The van der Waals surface area contributed by atoms with Crippen LogP contribution in [0.25, 0.3) is 0 Å². The van der Waals surface area contributed by atoms with Crippen molar-refractivity contribution < 1.29 is 13.2 Å². The lowest BCUT2D eigenvalue weighted by Crippen LogP contribution is -2.40. The molecule has 136 valence electrons. The smallest absolute Gasteiger partial charge is 0.191 e. The maximum Gasteiger partial charge on any atom is 0.191 e. The van der Waals surface area contributed by atoms with Gasteiger partial charge in [0.05, 0.1) is 18.4 Å². The Kier molecular flexibility index (Phi) is 8.04. The van der Waals surface area contributed by atoms with Crippen LogP contribution >= 0.6 is 0 Å². The van der Waals surface area contributed by atoms with Gasteiger partial charge in [-0.25, -0.2) is 8.42 Å². The molecule has 0 aliphatic carbocycles. The second-order valence-electron chi connectivity index (χ2n) is 6.27. The highest BCUT2D eigenvalue weighted by molar-refractivity contribution is 7.90. The molecule has 1 aromatic rings. The summed E-state index contributed by atoms with van der Waals surface area (Å²) in [6.07, 6.45) is 1.22. The van der Waals surface area contributed by atoms with Crippen LogP contribution in [0.4, 0.5) is 0 Å². The fourth-order valence-electron chi connectivity index (χ4n) is 1.95. The molecule has 24 heavy (non-hydrogen) atoms. The third-order valence-corrected chi connectivity index (χ3v) is 4.25. The molecule has 0 spiro atoms. The highest BCUT2D eigenvalue weighted by atomic mass is 32.2. The zero-order valence-electron chi connectivity index (χ0n) is 15.2. The first-order valence-corrected chi connectivity index (χ1v) is 10.1. The van der Waals surface area contributed by atoms with Crippen LogP contribution in [-0.4, -0.2) is 46.6 Å². The van der Waals surface area contributed by atoms with Crippen LogP contribution in [0.15, 0.2) is 29.3 Å². The molecule has 0 fully saturated rings. The van der Waals surface area contributed by atoms with Crippen LogP contribution < -0.4 is 15.4 Å². The van der Waals surface area contributed by atoms with Crippen molar-refractivity contribution >= 4 is 15.8 Å². The Morgan fingerprint density at radius 3 is 2.33 bits per heavy atom. The number of hydrogen-bond acceptors (Lipinski definition) is 4. The predicted octanol–water partition coefficient (Wildman–Crippen LogP) is 1.99. The molecule has 1 aromatic carbocycles. The molecule has 7 heteroatoms. The lowest BCUT2D eigenvalue weighted by atomic mass is 10.1. The van der Waals surface area contributed by atoms with Gasteiger partial charge in [0.15, 0.2) is 5.96 Å². The van der Waals surface area contributed by atoms with E-state index in [9.17, 15) is 8.42 Å². The van der Waals surface area contributed by atoms with Gasteiger partial charge in [0, 0.05) is 19.8 Å². The zero-order chi connectivity index (χ0) is 18.2. The van der Waals surface area contributed by atoms with E-state index in [1.54, 1.807) is 7.05 Å². The standard InChI is InChI=1S/C17H29N3O3S/c1-13(2)12-23-16-8-6-15(7-9-16)14(3)20-17(18-4)19-10-11-24(5,21)22/h6-9,13-14H,10-12H2,1-5H3,(H2,18,19,20). The van der Waals surface area contributed by atoms with E-state index in [4.69, 9.17) is 4.74 Å². The number of guanidine groups is 1. The van der Waals surface area contributed by atoms with Crippen LogP contribution in [0.1, 0.15) is 32.4 Å². The minimum atomic E-state index is -2.98. The number of nitrogens with one attached hydrogen (secondary N) is 2. The summed E-state index contributed by atoms with van der Waals surface area (Å²) in [5.74, 6) is 2.00. The van der Waals surface area contributed by atoms with Crippen LogP contribution in [-0.2, 0) is 9.84 Å². The molecule has 0 aliphatic heterocycles. The molecule has 0 radical (unpaired) electrons. The largest absolute Gasteiger partial charge is 0.493 e. The summed E-state index contributed by atoms with van der Waals surface area (Å²) >= 11 is 0. The number of rotatable bonds is 8. The predicted molar refractivity (Wildman–Crippen MR) is 99.4 cm³/mol. The first-order valence-electron chi connectivity index (χ1n) is 8.09.